The van der Waals surface area contributed by atoms with Crippen LogP contribution in [-0.4, -0.2) is 31.4 Å². The van der Waals surface area contributed by atoms with Crippen LogP contribution in [0.4, 0.5) is 17.1 Å². The number of aryl methyl sites for hydroxylation is 1. The number of carbonyl (C=O) groups excluding carboxylic acids is 2. The highest BCUT2D eigenvalue weighted by atomic mass is 16.2. The quantitative estimate of drug-likeness (QED) is 0.737. The lowest BCUT2D eigenvalue weighted by atomic mass is 9.88. The molecule has 0 saturated heterocycles. The number of hydrogen-bond donors (Lipinski definition) is 1. The molecule has 29 heavy (non-hydrogen) atoms. The van der Waals surface area contributed by atoms with Gasteiger partial charge in [-0.05, 0) is 76.4 Å². The minimum atomic E-state index is -1.16. The van der Waals surface area contributed by atoms with Crippen molar-refractivity contribution in [3.05, 3.63) is 54.1 Å². The number of anilines is 3. The van der Waals surface area contributed by atoms with E-state index < -0.39 is 5.41 Å². The summed E-state index contributed by atoms with van der Waals surface area (Å²) in [6, 6.07) is 15.7. The van der Waals surface area contributed by atoms with Crippen molar-refractivity contribution >= 4 is 28.9 Å². The Bertz CT molecular complexity index is 870. The van der Waals surface area contributed by atoms with Crippen LogP contribution in [-0.2, 0) is 16.0 Å². The summed E-state index contributed by atoms with van der Waals surface area (Å²) in [7, 11) is 0. The van der Waals surface area contributed by atoms with Crippen molar-refractivity contribution in [3.8, 4) is 0 Å². The molecule has 0 radical (unpaired) electrons. The predicted octanol–water partition coefficient (Wildman–Crippen LogP) is 4.48. The molecule has 5 heteroatoms. The Kier molecular flexibility index (Phi) is 6.26. The van der Waals surface area contributed by atoms with Crippen LogP contribution in [0.3, 0.4) is 0 Å². The van der Waals surface area contributed by atoms with Crippen LogP contribution < -0.4 is 15.1 Å². The van der Waals surface area contributed by atoms with Gasteiger partial charge in [0.2, 0.25) is 11.8 Å². The van der Waals surface area contributed by atoms with E-state index in [1.807, 2.05) is 42.5 Å². The van der Waals surface area contributed by atoms with E-state index in [0.29, 0.717) is 12.2 Å². The number of carbonyl (C=O) groups is 2. The molecule has 0 atom stereocenters. The standard InChI is InChI=1S/C24H31N3O2/c1-5-26(6-2)20-15-13-19(14-16-20)25-22(28)24(3,4)23(29)27-17-9-11-18-10-7-8-12-21(18)27/h7-8,10,12-16H,5-6,9,11,17H2,1-4H3,(H,25,28). The normalized spacial score (nSPS) is 13.6. The summed E-state index contributed by atoms with van der Waals surface area (Å²) >= 11 is 0. The van der Waals surface area contributed by atoms with Crippen molar-refractivity contribution in [1.29, 1.82) is 0 Å². The Morgan fingerprint density at radius 1 is 1.03 bits per heavy atom. The molecule has 3 rings (SSSR count). The predicted molar refractivity (Wildman–Crippen MR) is 120 cm³/mol. The highest BCUT2D eigenvalue weighted by molar-refractivity contribution is 6.15. The number of nitrogens with one attached hydrogen (secondary N) is 1. The topological polar surface area (TPSA) is 52.7 Å². The zero-order valence-electron chi connectivity index (χ0n) is 17.9. The first-order valence-corrected chi connectivity index (χ1v) is 10.4. The molecule has 154 valence electrons. The van der Waals surface area contributed by atoms with E-state index in [-0.39, 0.29) is 11.8 Å². The molecule has 2 aromatic carbocycles. The third-order valence-corrected chi connectivity index (χ3v) is 5.71. The van der Waals surface area contributed by atoms with Gasteiger partial charge >= 0.3 is 0 Å². The lowest BCUT2D eigenvalue weighted by Crippen LogP contribution is -2.49. The fraction of sp³-hybridized carbons (Fsp3) is 0.417. The van der Waals surface area contributed by atoms with Crippen LogP contribution in [0.25, 0.3) is 0 Å². The van der Waals surface area contributed by atoms with Crippen LogP contribution in [0.1, 0.15) is 39.7 Å². The summed E-state index contributed by atoms with van der Waals surface area (Å²) in [6.07, 6.45) is 1.87. The molecule has 0 aromatic heterocycles. The fourth-order valence-electron chi connectivity index (χ4n) is 3.81. The van der Waals surface area contributed by atoms with Crippen LogP contribution >= 0.6 is 0 Å². The van der Waals surface area contributed by atoms with E-state index in [1.54, 1.807) is 18.7 Å². The Balaban J connectivity index is 1.74. The molecular weight excluding hydrogens is 362 g/mol. The van der Waals surface area contributed by atoms with Crippen LogP contribution in [0, 0.1) is 5.41 Å². The minimum Gasteiger partial charge on any atom is -0.372 e. The summed E-state index contributed by atoms with van der Waals surface area (Å²) in [5.41, 5.74) is 2.74. The van der Waals surface area contributed by atoms with Gasteiger partial charge in [-0.1, -0.05) is 18.2 Å². The van der Waals surface area contributed by atoms with Crippen LogP contribution in [0.5, 0.6) is 0 Å². The molecule has 0 unspecified atom stereocenters. The average molecular weight is 394 g/mol. The van der Waals surface area contributed by atoms with E-state index in [1.165, 1.54) is 0 Å². The molecule has 2 amide bonds. The average Bonchev–Trinajstić information content (AvgIpc) is 2.74. The van der Waals surface area contributed by atoms with Crippen molar-refractivity contribution in [1.82, 2.24) is 0 Å². The minimum absolute atomic E-state index is 0.165. The fourth-order valence-corrected chi connectivity index (χ4v) is 3.81. The number of nitrogens with zero attached hydrogens (tertiary/aromatic N) is 2. The molecule has 1 aliphatic rings. The van der Waals surface area contributed by atoms with Gasteiger partial charge in [-0.3, -0.25) is 9.59 Å². The second-order valence-electron chi connectivity index (χ2n) is 7.99. The number of benzene rings is 2. The first-order valence-electron chi connectivity index (χ1n) is 10.4. The maximum absolute atomic E-state index is 13.3. The zero-order chi connectivity index (χ0) is 21.0. The Hall–Kier alpha value is -2.82. The van der Waals surface area contributed by atoms with Gasteiger partial charge in [0.25, 0.3) is 0 Å². The van der Waals surface area contributed by atoms with E-state index in [2.05, 4.69) is 30.1 Å². The molecular formula is C24H31N3O2. The third kappa shape index (κ3) is 4.29. The summed E-state index contributed by atoms with van der Waals surface area (Å²) in [4.78, 5) is 30.3. The maximum atomic E-state index is 13.3. The smallest absolute Gasteiger partial charge is 0.242 e. The summed E-state index contributed by atoms with van der Waals surface area (Å²) in [5.74, 6) is -0.456. The lowest BCUT2D eigenvalue weighted by Gasteiger charge is -2.35. The zero-order valence-corrected chi connectivity index (χ0v) is 17.9. The molecule has 0 aliphatic carbocycles. The number of fused-ring (bicyclic) bond motifs is 1. The molecule has 1 N–H and O–H groups in total. The molecule has 0 spiro atoms. The van der Waals surface area contributed by atoms with E-state index >= 15 is 0 Å². The lowest BCUT2D eigenvalue weighted by molar-refractivity contribution is -0.136. The highest BCUT2D eigenvalue weighted by Crippen LogP contribution is 2.32. The summed E-state index contributed by atoms with van der Waals surface area (Å²) in [5, 5.41) is 2.92. The Morgan fingerprint density at radius 3 is 2.34 bits per heavy atom. The van der Waals surface area contributed by atoms with Gasteiger partial charge < -0.3 is 15.1 Å². The molecule has 0 fully saturated rings. The molecule has 1 heterocycles. The molecule has 0 bridgehead atoms. The third-order valence-electron chi connectivity index (χ3n) is 5.71. The highest BCUT2D eigenvalue weighted by Gasteiger charge is 2.40. The molecule has 5 nitrogen and oxygen atoms in total. The Labute approximate surface area is 173 Å². The molecule has 0 saturated carbocycles. The molecule has 2 aromatic rings. The largest absolute Gasteiger partial charge is 0.372 e. The first kappa shape index (κ1) is 20.9. The van der Waals surface area contributed by atoms with Crippen molar-refractivity contribution in [2.45, 2.75) is 40.5 Å². The number of amides is 2. The van der Waals surface area contributed by atoms with E-state index in [0.717, 1.165) is 42.9 Å². The van der Waals surface area contributed by atoms with Gasteiger partial charge in [-0.25, -0.2) is 0 Å². The van der Waals surface area contributed by atoms with Gasteiger partial charge in [-0.2, -0.15) is 0 Å². The van der Waals surface area contributed by atoms with Crippen LogP contribution in [0.2, 0.25) is 0 Å². The van der Waals surface area contributed by atoms with E-state index in [4.69, 9.17) is 0 Å². The first-order chi connectivity index (χ1) is 13.9. The SMILES string of the molecule is CCN(CC)c1ccc(NC(=O)C(C)(C)C(=O)N2CCCc3ccccc32)cc1. The van der Waals surface area contributed by atoms with Crippen LogP contribution in [0.15, 0.2) is 48.5 Å². The maximum Gasteiger partial charge on any atom is 0.242 e. The van der Waals surface area contributed by atoms with Crippen molar-refractivity contribution in [3.63, 3.8) is 0 Å². The van der Waals surface area contributed by atoms with Gasteiger partial charge in [0.05, 0.1) is 0 Å². The molecule has 1 aliphatic heterocycles. The van der Waals surface area contributed by atoms with Crippen molar-refractivity contribution in [2.75, 3.05) is 34.8 Å². The van der Waals surface area contributed by atoms with E-state index in [9.17, 15) is 9.59 Å². The van der Waals surface area contributed by atoms with Gasteiger partial charge in [0, 0.05) is 36.7 Å². The number of para-hydroxylation sites is 1. The number of hydrogen-bond acceptors (Lipinski definition) is 3. The number of rotatable bonds is 6. The van der Waals surface area contributed by atoms with Crippen molar-refractivity contribution in [2.24, 2.45) is 5.41 Å². The van der Waals surface area contributed by atoms with Gasteiger partial charge in [-0.15, -0.1) is 0 Å². The second-order valence-corrected chi connectivity index (χ2v) is 7.99. The summed E-state index contributed by atoms with van der Waals surface area (Å²) in [6.45, 7) is 10.1. The van der Waals surface area contributed by atoms with Gasteiger partial charge in [0.1, 0.15) is 5.41 Å². The van der Waals surface area contributed by atoms with Gasteiger partial charge in [0.15, 0.2) is 0 Å². The van der Waals surface area contributed by atoms with Crippen molar-refractivity contribution < 1.29 is 9.59 Å². The summed E-state index contributed by atoms with van der Waals surface area (Å²) < 4.78 is 0. The monoisotopic (exact) mass is 393 g/mol. The Morgan fingerprint density at radius 2 is 1.69 bits per heavy atom. The second kappa shape index (κ2) is 8.68.